The summed E-state index contributed by atoms with van der Waals surface area (Å²) in [5.41, 5.74) is 1.09. The molecule has 1 heterocycles. The van der Waals surface area contributed by atoms with Gasteiger partial charge >= 0.3 is 6.03 Å². The quantitative estimate of drug-likeness (QED) is 0.871. The monoisotopic (exact) mass is 374 g/mol. The van der Waals surface area contributed by atoms with Crippen molar-refractivity contribution >= 4 is 40.6 Å². The number of rotatable bonds is 2. The summed E-state index contributed by atoms with van der Waals surface area (Å²) in [4.78, 5) is 28.8. The van der Waals surface area contributed by atoms with Gasteiger partial charge in [0.15, 0.2) is 0 Å². The van der Waals surface area contributed by atoms with Crippen molar-refractivity contribution in [1.29, 1.82) is 0 Å². The highest BCUT2D eigenvalue weighted by Crippen LogP contribution is 2.24. The van der Waals surface area contributed by atoms with E-state index in [0.29, 0.717) is 5.69 Å². The summed E-state index contributed by atoms with van der Waals surface area (Å²) in [5.74, 6) is -0.964. The fraction of sp³-hybridized carbons (Fsp3) is 0.167. The normalized spacial score (nSPS) is 19.2. The zero-order valence-electron chi connectivity index (χ0n) is 14.1. The first-order valence-corrected chi connectivity index (χ1v) is 8.23. The summed E-state index contributed by atoms with van der Waals surface area (Å²) in [5, 5.41) is 5.54. The summed E-state index contributed by atoms with van der Waals surface area (Å²) in [6.07, 6.45) is 0. The summed E-state index contributed by atoms with van der Waals surface area (Å²) >= 11 is 5.69. The largest absolute Gasteiger partial charge is 0.345 e. The number of hydrogen-bond donors (Lipinski definition) is 1. The Kier molecular flexibility index (Phi) is 5.01. The van der Waals surface area contributed by atoms with Crippen LogP contribution in [0.5, 0.6) is 0 Å². The van der Waals surface area contributed by atoms with Crippen LogP contribution in [0.4, 0.5) is 20.6 Å². The number of hydrazine groups is 1. The average molecular weight is 375 g/mol. The van der Waals surface area contributed by atoms with Crippen molar-refractivity contribution in [2.75, 3.05) is 17.4 Å². The Bertz CT molecular complexity index is 888. The predicted molar refractivity (Wildman–Crippen MR) is 99.0 cm³/mol. The average Bonchev–Trinajstić information content (AvgIpc) is 2.82. The maximum absolute atomic E-state index is 13.2. The van der Waals surface area contributed by atoms with Crippen molar-refractivity contribution in [2.45, 2.75) is 13.0 Å². The van der Waals surface area contributed by atoms with Crippen LogP contribution >= 0.6 is 11.6 Å². The number of para-hydroxylation sites is 1. The SMILES string of the molecule is CC1C(=NC(=O)Nc2ccc(F)c(Cl)c2)C(=O)N(c2ccccc2)N1C. The lowest BCUT2D eigenvalue weighted by molar-refractivity contribution is -0.113. The maximum Gasteiger partial charge on any atom is 0.345 e. The third kappa shape index (κ3) is 3.44. The van der Waals surface area contributed by atoms with Crippen LogP contribution in [0.3, 0.4) is 0 Å². The van der Waals surface area contributed by atoms with Crippen LogP contribution in [0.1, 0.15) is 6.92 Å². The standard InChI is InChI=1S/C18H16ClFN4O2/c1-11-16(17(25)24(23(11)2)13-6-4-3-5-7-13)22-18(26)21-12-8-9-15(20)14(19)10-12/h3-11H,1-2H3,(H,21,26). The van der Waals surface area contributed by atoms with Crippen LogP contribution in [-0.4, -0.2) is 35.7 Å². The lowest BCUT2D eigenvalue weighted by atomic mass is 10.2. The first-order chi connectivity index (χ1) is 12.4. The van der Waals surface area contributed by atoms with Gasteiger partial charge < -0.3 is 5.32 Å². The highest BCUT2D eigenvalue weighted by Gasteiger charge is 2.40. The molecule has 1 aliphatic heterocycles. The molecule has 1 aliphatic rings. The van der Waals surface area contributed by atoms with Gasteiger partial charge in [-0.05, 0) is 37.3 Å². The molecular weight excluding hydrogens is 359 g/mol. The molecule has 3 amide bonds. The molecule has 134 valence electrons. The number of carbonyl (C=O) groups excluding carboxylic acids is 2. The molecule has 0 aliphatic carbocycles. The number of nitrogens with zero attached hydrogens (tertiary/aromatic N) is 3. The van der Waals surface area contributed by atoms with Gasteiger partial charge in [0.05, 0.1) is 16.8 Å². The van der Waals surface area contributed by atoms with E-state index in [-0.39, 0.29) is 28.4 Å². The number of benzene rings is 2. The van der Waals surface area contributed by atoms with Gasteiger partial charge in [-0.15, -0.1) is 0 Å². The lowest BCUT2D eigenvalue weighted by Gasteiger charge is -2.25. The van der Waals surface area contributed by atoms with Crippen LogP contribution in [0.25, 0.3) is 0 Å². The number of halogens is 2. The minimum absolute atomic E-state index is 0.113. The molecule has 1 atom stereocenters. The summed E-state index contributed by atoms with van der Waals surface area (Å²) < 4.78 is 13.2. The van der Waals surface area contributed by atoms with Crippen molar-refractivity contribution in [2.24, 2.45) is 4.99 Å². The molecule has 1 saturated heterocycles. The molecular formula is C18H16ClFN4O2. The van der Waals surface area contributed by atoms with E-state index in [1.54, 1.807) is 31.1 Å². The van der Waals surface area contributed by atoms with Gasteiger partial charge in [-0.2, -0.15) is 4.99 Å². The van der Waals surface area contributed by atoms with Crippen LogP contribution in [-0.2, 0) is 4.79 Å². The molecule has 0 bridgehead atoms. The van der Waals surface area contributed by atoms with E-state index in [2.05, 4.69) is 10.3 Å². The Morgan fingerprint density at radius 2 is 1.92 bits per heavy atom. The molecule has 1 N–H and O–H groups in total. The summed E-state index contributed by atoms with van der Waals surface area (Å²) in [6, 6.07) is 11.7. The van der Waals surface area contributed by atoms with Crippen molar-refractivity contribution in [1.82, 2.24) is 5.01 Å². The molecule has 0 saturated carbocycles. The molecule has 0 radical (unpaired) electrons. The molecule has 1 unspecified atom stereocenters. The van der Waals surface area contributed by atoms with Gasteiger partial charge in [-0.3, -0.25) is 4.79 Å². The molecule has 6 nitrogen and oxygen atoms in total. The minimum atomic E-state index is -0.730. The number of urea groups is 1. The van der Waals surface area contributed by atoms with Gasteiger partial charge in [0, 0.05) is 12.7 Å². The minimum Gasteiger partial charge on any atom is -0.306 e. The van der Waals surface area contributed by atoms with Crippen LogP contribution in [0.2, 0.25) is 5.02 Å². The summed E-state index contributed by atoms with van der Waals surface area (Å²) in [7, 11) is 1.75. The molecule has 0 aromatic heterocycles. The van der Waals surface area contributed by atoms with Crippen LogP contribution in [0.15, 0.2) is 53.5 Å². The Balaban J connectivity index is 1.82. The highest BCUT2D eigenvalue weighted by molar-refractivity contribution is 6.48. The molecule has 8 heteroatoms. The fourth-order valence-corrected chi connectivity index (χ4v) is 2.81. The van der Waals surface area contributed by atoms with Gasteiger partial charge in [0.1, 0.15) is 11.5 Å². The van der Waals surface area contributed by atoms with Crippen molar-refractivity contribution < 1.29 is 14.0 Å². The van der Waals surface area contributed by atoms with Gasteiger partial charge in [0.2, 0.25) is 0 Å². The van der Waals surface area contributed by atoms with Crippen LogP contribution in [0, 0.1) is 5.82 Å². The van der Waals surface area contributed by atoms with Crippen molar-refractivity contribution in [3.8, 4) is 0 Å². The third-order valence-electron chi connectivity index (χ3n) is 4.08. The number of nitrogens with one attached hydrogen (secondary N) is 1. The van der Waals surface area contributed by atoms with E-state index < -0.39 is 11.8 Å². The number of hydrogen-bond acceptors (Lipinski definition) is 3. The number of carbonyl (C=O) groups is 2. The maximum atomic E-state index is 13.2. The number of anilines is 2. The van der Waals surface area contributed by atoms with E-state index in [1.165, 1.54) is 17.1 Å². The first kappa shape index (κ1) is 18.0. The Morgan fingerprint density at radius 1 is 1.23 bits per heavy atom. The highest BCUT2D eigenvalue weighted by atomic mass is 35.5. The topological polar surface area (TPSA) is 65.0 Å². The zero-order valence-corrected chi connectivity index (χ0v) is 14.9. The smallest absolute Gasteiger partial charge is 0.306 e. The Morgan fingerprint density at radius 3 is 2.58 bits per heavy atom. The van der Waals surface area contributed by atoms with Gasteiger partial charge in [0.25, 0.3) is 5.91 Å². The van der Waals surface area contributed by atoms with Crippen molar-refractivity contribution in [3.63, 3.8) is 0 Å². The van der Waals surface area contributed by atoms with Crippen molar-refractivity contribution in [3.05, 3.63) is 59.4 Å². The Hall–Kier alpha value is -2.77. The van der Waals surface area contributed by atoms with Crippen LogP contribution < -0.4 is 10.3 Å². The molecule has 2 aromatic carbocycles. The number of aliphatic imine (C=N–C) groups is 1. The molecule has 2 aromatic rings. The van der Waals surface area contributed by atoms with Gasteiger partial charge in [-0.1, -0.05) is 29.8 Å². The predicted octanol–water partition coefficient (Wildman–Crippen LogP) is 3.73. The first-order valence-electron chi connectivity index (χ1n) is 7.85. The van der Waals surface area contributed by atoms with Gasteiger partial charge in [-0.25, -0.2) is 19.2 Å². The molecule has 1 fully saturated rings. The van der Waals surface area contributed by atoms with E-state index in [9.17, 15) is 14.0 Å². The van der Waals surface area contributed by atoms with E-state index in [1.807, 2.05) is 18.2 Å². The molecule has 26 heavy (non-hydrogen) atoms. The second-order valence-electron chi connectivity index (χ2n) is 5.76. The van der Waals surface area contributed by atoms with E-state index in [4.69, 9.17) is 11.6 Å². The van der Waals surface area contributed by atoms with E-state index >= 15 is 0 Å². The lowest BCUT2D eigenvalue weighted by Crippen LogP contribution is -2.38. The Labute approximate surface area is 154 Å². The number of amides is 3. The molecule has 3 rings (SSSR count). The summed E-state index contributed by atoms with van der Waals surface area (Å²) in [6.45, 7) is 1.78. The molecule has 0 spiro atoms. The second-order valence-corrected chi connectivity index (χ2v) is 6.17. The fourth-order valence-electron chi connectivity index (χ4n) is 2.63. The van der Waals surface area contributed by atoms with E-state index in [0.717, 1.165) is 6.07 Å². The second kappa shape index (κ2) is 7.23. The third-order valence-corrected chi connectivity index (χ3v) is 4.37. The zero-order chi connectivity index (χ0) is 18.8.